The van der Waals surface area contributed by atoms with E-state index in [1.807, 2.05) is 0 Å². The van der Waals surface area contributed by atoms with Gasteiger partial charge in [-0.1, -0.05) is 25.0 Å². The predicted octanol–water partition coefficient (Wildman–Crippen LogP) is 3.10. The normalized spacial score (nSPS) is 16.0. The lowest BCUT2D eigenvalue weighted by molar-refractivity contribution is -0.384. The fraction of sp³-hybridized carbons (Fsp3) is 0.368. The van der Waals surface area contributed by atoms with Gasteiger partial charge in [-0.3, -0.25) is 14.8 Å². The summed E-state index contributed by atoms with van der Waals surface area (Å²) in [5, 5.41) is 10.8. The van der Waals surface area contributed by atoms with E-state index in [9.17, 15) is 26.9 Å². The maximum atomic E-state index is 12.8. The average molecular weight is 454 g/mol. The number of nitrogens with zero attached hydrogens (tertiary/aromatic N) is 2. The molecule has 1 aliphatic rings. The first kappa shape index (κ1) is 22.2. The van der Waals surface area contributed by atoms with Gasteiger partial charge in [-0.15, -0.1) is 0 Å². The molecule has 9 nitrogen and oxygen atoms in total. The van der Waals surface area contributed by atoms with Crippen molar-refractivity contribution in [2.24, 2.45) is 0 Å². The summed E-state index contributed by atoms with van der Waals surface area (Å²) >= 11 is 0. The van der Waals surface area contributed by atoms with Crippen LogP contribution in [0.3, 0.4) is 0 Å². The number of benzene rings is 2. The van der Waals surface area contributed by atoms with E-state index in [1.54, 1.807) is 0 Å². The Bertz CT molecular complexity index is 1110. The minimum Gasteiger partial charge on any atom is -0.283 e. The summed E-state index contributed by atoms with van der Waals surface area (Å²) in [4.78, 5) is 10.4. The van der Waals surface area contributed by atoms with E-state index in [-0.39, 0.29) is 21.8 Å². The predicted molar refractivity (Wildman–Crippen MR) is 113 cm³/mol. The van der Waals surface area contributed by atoms with Crippen LogP contribution < -0.4 is 4.72 Å². The molecular formula is C19H23N3O6S2. The first-order valence-corrected chi connectivity index (χ1v) is 12.6. The molecule has 2 aromatic carbocycles. The Morgan fingerprint density at radius 2 is 1.57 bits per heavy atom. The van der Waals surface area contributed by atoms with E-state index in [0.29, 0.717) is 13.1 Å². The highest BCUT2D eigenvalue weighted by atomic mass is 32.2. The summed E-state index contributed by atoms with van der Waals surface area (Å²) in [6.45, 7) is 0.972. The Labute approximate surface area is 176 Å². The zero-order chi connectivity index (χ0) is 21.8. The van der Waals surface area contributed by atoms with E-state index >= 15 is 0 Å². The number of nitro benzene ring substituents is 1. The quantitative estimate of drug-likeness (QED) is 0.507. The third kappa shape index (κ3) is 5.55. The summed E-state index contributed by atoms with van der Waals surface area (Å²) in [6, 6.07) is 11.0. The second kappa shape index (κ2) is 9.11. The second-order valence-corrected chi connectivity index (χ2v) is 10.8. The van der Waals surface area contributed by atoms with Gasteiger partial charge in [-0.2, -0.15) is 4.31 Å². The van der Waals surface area contributed by atoms with Gasteiger partial charge >= 0.3 is 0 Å². The second-order valence-electron chi connectivity index (χ2n) is 7.13. The van der Waals surface area contributed by atoms with Crippen LogP contribution in [0.25, 0.3) is 0 Å². The van der Waals surface area contributed by atoms with Crippen molar-refractivity contribution in [1.82, 2.24) is 4.31 Å². The van der Waals surface area contributed by atoms with Crippen molar-refractivity contribution in [1.29, 1.82) is 0 Å². The molecule has 1 heterocycles. The SMILES string of the molecule is O=[N+]([O-])c1cccc(CS(=O)(=O)Nc2ccc(S(=O)(=O)N3CCCCCC3)cc2)c1. The average Bonchev–Trinajstić information content (AvgIpc) is 2.98. The van der Waals surface area contributed by atoms with Gasteiger partial charge in [0.25, 0.3) is 5.69 Å². The molecule has 0 atom stereocenters. The van der Waals surface area contributed by atoms with Crippen LogP contribution in [-0.2, 0) is 25.8 Å². The number of anilines is 1. The Kier molecular flexibility index (Phi) is 6.74. The topological polar surface area (TPSA) is 127 Å². The van der Waals surface area contributed by atoms with Gasteiger partial charge in [0, 0.05) is 30.9 Å². The van der Waals surface area contributed by atoms with Gasteiger partial charge in [0.2, 0.25) is 20.0 Å². The standard InChI is InChI=1S/C19H23N3O6S2/c23-22(24)18-7-5-6-16(14-18)15-29(25,26)20-17-8-10-19(11-9-17)30(27,28)21-12-3-1-2-4-13-21/h5-11,14,20H,1-4,12-13,15H2. The number of hydrogen-bond acceptors (Lipinski definition) is 6. The molecule has 0 saturated carbocycles. The summed E-state index contributed by atoms with van der Waals surface area (Å²) in [6.07, 6.45) is 3.68. The monoisotopic (exact) mass is 453 g/mol. The maximum Gasteiger partial charge on any atom is 0.269 e. The van der Waals surface area contributed by atoms with Crippen molar-refractivity contribution in [2.45, 2.75) is 36.3 Å². The molecule has 1 N–H and O–H groups in total. The molecule has 30 heavy (non-hydrogen) atoms. The lowest BCUT2D eigenvalue weighted by atomic mass is 10.2. The Hall–Kier alpha value is -2.50. The van der Waals surface area contributed by atoms with E-state index in [0.717, 1.165) is 25.7 Å². The fourth-order valence-electron chi connectivity index (χ4n) is 3.32. The van der Waals surface area contributed by atoms with Crippen molar-refractivity contribution in [2.75, 3.05) is 17.8 Å². The molecule has 11 heteroatoms. The molecule has 0 aliphatic carbocycles. The highest BCUT2D eigenvalue weighted by Crippen LogP contribution is 2.23. The van der Waals surface area contributed by atoms with Crippen molar-refractivity contribution in [3.8, 4) is 0 Å². The number of nitrogens with one attached hydrogen (secondary N) is 1. The first-order chi connectivity index (χ1) is 14.2. The molecule has 2 aromatic rings. The van der Waals surface area contributed by atoms with Crippen molar-refractivity contribution >= 4 is 31.4 Å². The summed E-state index contributed by atoms with van der Waals surface area (Å²) in [7, 11) is -7.45. The van der Waals surface area contributed by atoms with Crippen LogP contribution in [0.2, 0.25) is 0 Å². The smallest absolute Gasteiger partial charge is 0.269 e. The highest BCUT2D eigenvalue weighted by molar-refractivity contribution is 7.92. The van der Waals surface area contributed by atoms with Crippen molar-refractivity contribution < 1.29 is 21.8 Å². The number of non-ortho nitro benzene ring substituents is 1. The third-order valence-corrected chi connectivity index (χ3v) is 7.98. The molecule has 0 unspecified atom stereocenters. The van der Waals surface area contributed by atoms with Crippen molar-refractivity contribution in [3.63, 3.8) is 0 Å². The van der Waals surface area contributed by atoms with Gasteiger partial charge in [0.1, 0.15) is 0 Å². The van der Waals surface area contributed by atoms with Crippen LogP contribution in [0.15, 0.2) is 53.4 Å². The molecule has 1 fully saturated rings. The number of sulfonamides is 2. The molecular weight excluding hydrogens is 430 g/mol. The molecule has 0 radical (unpaired) electrons. The number of hydrogen-bond donors (Lipinski definition) is 1. The zero-order valence-corrected chi connectivity index (χ0v) is 17.9. The van der Waals surface area contributed by atoms with Crippen LogP contribution in [0.5, 0.6) is 0 Å². The van der Waals surface area contributed by atoms with Crippen LogP contribution in [-0.4, -0.2) is 39.2 Å². The van der Waals surface area contributed by atoms with Crippen LogP contribution in [0.1, 0.15) is 31.2 Å². The lowest BCUT2D eigenvalue weighted by Crippen LogP contribution is -2.31. The number of rotatable bonds is 7. The van der Waals surface area contributed by atoms with E-state index < -0.39 is 30.7 Å². The van der Waals surface area contributed by atoms with Crippen LogP contribution >= 0.6 is 0 Å². The molecule has 0 spiro atoms. The summed E-state index contributed by atoms with van der Waals surface area (Å²) < 4.78 is 54.3. The molecule has 3 rings (SSSR count). The third-order valence-electron chi connectivity index (χ3n) is 4.81. The van der Waals surface area contributed by atoms with E-state index in [1.165, 1.54) is 52.8 Å². The fourth-order valence-corrected chi connectivity index (χ4v) is 6.02. The van der Waals surface area contributed by atoms with Crippen LogP contribution in [0, 0.1) is 10.1 Å². The molecule has 0 aromatic heterocycles. The Morgan fingerprint density at radius 1 is 0.933 bits per heavy atom. The van der Waals surface area contributed by atoms with Gasteiger partial charge < -0.3 is 0 Å². The summed E-state index contributed by atoms with van der Waals surface area (Å²) in [5.41, 5.74) is 0.304. The minimum absolute atomic E-state index is 0.117. The van der Waals surface area contributed by atoms with Gasteiger partial charge in [0.05, 0.1) is 15.6 Å². The molecule has 1 saturated heterocycles. The van der Waals surface area contributed by atoms with Crippen LogP contribution in [0.4, 0.5) is 11.4 Å². The maximum absolute atomic E-state index is 12.8. The minimum atomic E-state index is -3.84. The largest absolute Gasteiger partial charge is 0.283 e. The van der Waals surface area contributed by atoms with E-state index in [2.05, 4.69) is 4.72 Å². The van der Waals surface area contributed by atoms with Gasteiger partial charge in [-0.25, -0.2) is 16.8 Å². The van der Waals surface area contributed by atoms with Crippen molar-refractivity contribution in [3.05, 3.63) is 64.2 Å². The highest BCUT2D eigenvalue weighted by Gasteiger charge is 2.25. The molecule has 0 amide bonds. The molecule has 162 valence electrons. The Balaban J connectivity index is 1.71. The number of nitro groups is 1. The summed E-state index contributed by atoms with van der Waals surface area (Å²) in [5.74, 6) is -0.442. The Morgan fingerprint density at radius 3 is 2.17 bits per heavy atom. The van der Waals surface area contributed by atoms with E-state index in [4.69, 9.17) is 0 Å². The van der Waals surface area contributed by atoms with Gasteiger partial charge in [-0.05, 0) is 42.7 Å². The molecule has 1 aliphatic heterocycles. The van der Waals surface area contributed by atoms with Gasteiger partial charge in [0.15, 0.2) is 0 Å². The molecule has 0 bridgehead atoms. The zero-order valence-electron chi connectivity index (χ0n) is 16.2. The first-order valence-electron chi connectivity index (χ1n) is 9.51. The lowest BCUT2D eigenvalue weighted by Gasteiger charge is -2.20.